The molecule has 0 aromatic rings. The maximum absolute atomic E-state index is 12.1. The Labute approximate surface area is 101 Å². The predicted octanol–water partition coefficient (Wildman–Crippen LogP) is 2.22. The van der Waals surface area contributed by atoms with Crippen molar-refractivity contribution in [2.45, 2.75) is 39.7 Å². The van der Waals surface area contributed by atoms with Crippen molar-refractivity contribution in [1.82, 2.24) is 4.31 Å². The minimum atomic E-state index is -3.08. The predicted molar refractivity (Wildman–Crippen MR) is 66.8 cm³/mol. The molecule has 1 aliphatic rings. The van der Waals surface area contributed by atoms with Gasteiger partial charge in [-0.15, -0.1) is 0 Å². The van der Waals surface area contributed by atoms with Crippen molar-refractivity contribution in [1.29, 1.82) is 0 Å². The van der Waals surface area contributed by atoms with Crippen molar-refractivity contribution in [3.8, 4) is 0 Å². The van der Waals surface area contributed by atoms with Crippen LogP contribution in [0.1, 0.15) is 33.6 Å². The van der Waals surface area contributed by atoms with Crippen molar-refractivity contribution in [2.24, 2.45) is 5.41 Å². The zero-order valence-corrected chi connectivity index (χ0v) is 12.1. The molecule has 0 spiro atoms. The summed E-state index contributed by atoms with van der Waals surface area (Å²) in [6.45, 7) is 6.58. The van der Waals surface area contributed by atoms with Crippen LogP contribution in [0.4, 0.5) is 0 Å². The minimum absolute atomic E-state index is 0.164. The first-order valence-corrected chi connectivity index (χ1v) is 8.05. The van der Waals surface area contributed by atoms with Gasteiger partial charge in [-0.1, -0.05) is 36.7 Å². The van der Waals surface area contributed by atoms with Gasteiger partial charge < -0.3 is 0 Å². The molecule has 1 aliphatic heterocycles. The summed E-state index contributed by atoms with van der Waals surface area (Å²) in [7, 11) is -3.08. The smallest absolute Gasteiger partial charge is 0.212 e. The van der Waals surface area contributed by atoms with Gasteiger partial charge in [-0.25, -0.2) is 8.42 Å². The Balaban J connectivity index is 2.77. The van der Waals surface area contributed by atoms with Gasteiger partial charge in [0.25, 0.3) is 0 Å². The van der Waals surface area contributed by atoms with E-state index >= 15 is 0 Å². The molecule has 5 heteroatoms. The molecule has 1 atom stereocenters. The second-order valence-electron chi connectivity index (χ2n) is 5.38. The summed E-state index contributed by atoms with van der Waals surface area (Å²) in [5.74, 6) is 0.240. The van der Waals surface area contributed by atoms with Crippen molar-refractivity contribution in [3.05, 3.63) is 0 Å². The average Bonchev–Trinajstić information content (AvgIpc) is 2.46. The topological polar surface area (TPSA) is 37.4 Å². The van der Waals surface area contributed by atoms with Crippen molar-refractivity contribution < 1.29 is 8.42 Å². The van der Waals surface area contributed by atoms with E-state index in [0.717, 1.165) is 18.2 Å². The fourth-order valence-corrected chi connectivity index (χ4v) is 5.13. The number of hydrogen-bond donors (Lipinski definition) is 0. The first kappa shape index (κ1) is 13.5. The van der Waals surface area contributed by atoms with E-state index in [1.54, 1.807) is 4.31 Å². The molecule has 0 aromatic heterocycles. The summed E-state index contributed by atoms with van der Waals surface area (Å²) in [5.41, 5.74) is -0.168. The largest absolute Gasteiger partial charge is 0.214 e. The third-order valence-corrected chi connectivity index (χ3v) is 5.65. The standard InChI is InChI=1S/C10H20BrNO2S/c1-10(2,3)8-15(13,14)12-6-4-5-9(12)7-11/h9H,4-8H2,1-3H3. The molecular formula is C10H20BrNO2S. The van der Waals surface area contributed by atoms with Gasteiger partial charge in [-0.05, 0) is 18.3 Å². The molecule has 0 aromatic carbocycles. The summed E-state index contributed by atoms with van der Waals surface area (Å²) in [6.07, 6.45) is 1.97. The molecule has 0 N–H and O–H groups in total. The highest BCUT2D eigenvalue weighted by molar-refractivity contribution is 9.09. The first-order valence-electron chi connectivity index (χ1n) is 5.32. The summed E-state index contributed by atoms with van der Waals surface area (Å²) in [5, 5.41) is 0.746. The summed E-state index contributed by atoms with van der Waals surface area (Å²) >= 11 is 3.38. The fraction of sp³-hybridized carbons (Fsp3) is 1.00. The third-order valence-electron chi connectivity index (χ3n) is 2.47. The van der Waals surface area contributed by atoms with E-state index in [-0.39, 0.29) is 17.2 Å². The van der Waals surface area contributed by atoms with Crippen molar-refractivity contribution in [2.75, 3.05) is 17.6 Å². The number of halogens is 1. The molecule has 1 unspecified atom stereocenters. The lowest BCUT2D eigenvalue weighted by atomic mass is 10.0. The zero-order valence-electron chi connectivity index (χ0n) is 9.66. The van der Waals surface area contributed by atoms with Crippen LogP contribution in [0.25, 0.3) is 0 Å². The van der Waals surface area contributed by atoms with E-state index in [9.17, 15) is 8.42 Å². The Hall–Kier alpha value is 0.390. The van der Waals surface area contributed by atoms with Crippen LogP contribution >= 0.6 is 15.9 Å². The lowest BCUT2D eigenvalue weighted by Crippen LogP contribution is -2.40. The van der Waals surface area contributed by atoms with Gasteiger partial charge in [0.15, 0.2) is 0 Å². The van der Waals surface area contributed by atoms with Crippen LogP contribution < -0.4 is 0 Å². The molecule has 15 heavy (non-hydrogen) atoms. The van der Waals surface area contributed by atoms with Crippen LogP contribution in [0, 0.1) is 5.41 Å². The van der Waals surface area contributed by atoms with Gasteiger partial charge >= 0.3 is 0 Å². The number of rotatable bonds is 3. The fourth-order valence-electron chi connectivity index (χ4n) is 1.96. The van der Waals surface area contributed by atoms with E-state index in [2.05, 4.69) is 15.9 Å². The lowest BCUT2D eigenvalue weighted by Gasteiger charge is -2.27. The maximum Gasteiger partial charge on any atom is 0.214 e. The van der Waals surface area contributed by atoms with E-state index in [1.165, 1.54) is 0 Å². The molecule has 0 aliphatic carbocycles. The van der Waals surface area contributed by atoms with Gasteiger partial charge in [-0.3, -0.25) is 0 Å². The number of hydrogen-bond acceptors (Lipinski definition) is 2. The highest BCUT2D eigenvalue weighted by atomic mass is 79.9. The highest BCUT2D eigenvalue weighted by Crippen LogP contribution is 2.26. The number of sulfonamides is 1. The molecule has 0 bridgehead atoms. The maximum atomic E-state index is 12.1. The Morgan fingerprint density at radius 3 is 2.47 bits per heavy atom. The van der Waals surface area contributed by atoms with Gasteiger partial charge in [0.2, 0.25) is 10.0 Å². The quantitative estimate of drug-likeness (QED) is 0.749. The summed E-state index contributed by atoms with van der Waals surface area (Å²) in [6, 6.07) is 0.164. The molecule has 90 valence electrons. The summed E-state index contributed by atoms with van der Waals surface area (Å²) < 4.78 is 25.9. The molecule has 0 amide bonds. The number of nitrogens with zero attached hydrogens (tertiary/aromatic N) is 1. The SMILES string of the molecule is CC(C)(C)CS(=O)(=O)N1CCCC1CBr. The van der Waals surface area contributed by atoms with Crippen LogP contribution in [-0.2, 0) is 10.0 Å². The Bertz CT molecular complexity index is 308. The highest BCUT2D eigenvalue weighted by Gasteiger charge is 2.35. The Morgan fingerprint density at radius 2 is 2.00 bits per heavy atom. The van der Waals surface area contributed by atoms with E-state index in [4.69, 9.17) is 0 Å². The molecule has 1 rings (SSSR count). The minimum Gasteiger partial charge on any atom is -0.212 e. The van der Waals surface area contributed by atoms with E-state index in [0.29, 0.717) is 6.54 Å². The molecule has 0 radical (unpaired) electrons. The second-order valence-corrected chi connectivity index (χ2v) is 7.95. The van der Waals surface area contributed by atoms with Gasteiger partial charge in [0.05, 0.1) is 5.75 Å². The molecule has 1 saturated heterocycles. The normalized spacial score (nSPS) is 24.7. The molecule has 0 saturated carbocycles. The van der Waals surface area contributed by atoms with E-state index in [1.807, 2.05) is 20.8 Å². The van der Waals surface area contributed by atoms with Crippen LogP contribution in [0.2, 0.25) is 0 Å². The molecular weight excluding hydrogens is 278 g/mol. The van der Waals surface area contributed by atoms with Crippen LogP contribution in [-0.4, -0.2) is 36.4 Å². The van der Waals surface area contributed by atoms with Gasteiger partial charge in [0, 0.05) is 17.9 Å². The third kappa shape index (κ3) is 3.71. The van der Waals surface area contributed by atoms with E-state index < -0.39 is 10.0 Å². The van der Waals surface area contributed by atoms with Crippen molar-refractivity contribution in [3.63, 3.8) is 0 Å². The molecule has 1 heterocycles. The average molecular weight is 298 g/mol. The van der Waals surface area contributed by atoms with Crippen LogP contribution in [0.5, 0.6) is 0 Å². The Morgan fingerprint density at radius 1 is 1.40 bits per heavy atom. The first-order chi connectivity index (χ1) is 6.76. The van der Waals surface area contributed by atoms with Gasteiger partial charge in [0.1, 0.15) is 0 Å². The van der Waals surface area contributed by atoms with Crippen molar-refractivity contribution >= 4 is 26.0 Å². The second kappa shape index (κ2) is 4.72. The van der Waals surface area contributed by atoms with Crippen LogP contribution in [0.3, 0.4) is 0 Å². The summed E-state index contributed by atoms with van der Waals surface area (Å²) in [4.78, 5) is 0. The lowest BCUT2D eigenvalue weighted by molar-refractivity contribution is 0.389. The van der Waals surface area contributed by atoms with Crippen LogP contribution in [0.15, 0.2) is 0 Å². The Kier molecular flexibility index (Phi) is 4.23. The monoisotopic (exact) mass is 297 g/mol. The van der Waals surface area contributed by atoms with Gasteiger partial charge in [-0.2, -0.15) is 4.31 Å². The molecule has 1 fully saturated rings. The molecule has 3 nitrogen and oxygen atoms in total. The zero-order chi connectivity index (χ0) is 11.7. The number of alkyl halides is 1.